The summed E-state index contributed by atoms with van der Waals surface area (Å²) in [4.78, 5) is 11.7. The van der Waals surface area contributed by atoms with Crippen LogP contribution in [0.4, 0.5) is 10.5 Å². The van der Waals surface area contributed by atoms with Gasteiger partial charge in [0.2, 0.25) is 10.0 Å². The van der Waals surface area contributed by atoms with Gasteiger partial charge in [-0.15, -0.1) is 0 Å². The first-order valence-corrected chi connectivity index (χ1v) is 10.5. The quantitative estimate of drug-likeness (QED) is 0.664. The van der Waals surface area contributed by atoms with Crippen molar-refractivity contribution in [1.29, 1.82) is 0 Å². The molecule has 2 aromatic carbocycles. The minimum absolute atomic E-state index is 0.0339. The molecule has 0 aliphatic carbocycles. The van der Waals surface area contributed by atoms with Gasteiger partial charge >= 0.3 is 6.09 Å². The molecule has 0 unspecified atom stereocenters. The minimum Gasteiger partial charge on any atom is -0.495 e. The maximum atomic E-state index is 12.7. The van der Waals surface area contributed by atoms with Gasteiger partial charge in [0.15, 0.2) is 0 Å². The number of hydrogen-bond donors (Lipinski definition) is 2. The second-order valence-electron chi connectivity index (χ2n) is 6.25. The Balaban J connectivity index is 2.09. The van der Waals surface area contributed by atoms with Gasteiger partial charge in [0, 0.05) is 6.04 Å². The highest BCUT2D eigenvalue weighted by Crippen LogP contribution is 2.28. The van der Waals surface area contributed by atoms with Crippen LogP contribution in [0.15, 0.2) is 53.4 Å². The van der Waals surface area contributed by atoms with Crippen LogP contribution in [0.1, 0.15) is 25.8 Å². The lowest BCUT2D eigenvalue weighted by Gasteiger charge is -2.16. The number of anilines is 1. The Labute approximate surface area is 166 Å². The van der Waals surface area contributed by atoms with Crippen molar-refractivity contribution in [2.45, 2.75) is 37.6 Å². The number of carbonyl (C=O) groups excluding carboxylic acids is 1. The van der Waals surface area contributed by atoms with E-state index in [1.54, 1.807) is 6.92 Å². The molecule has 0 aliphatic rings. The van der Waals surface area contributed by atoms with Crippen LogP contribution in [0.3, 0.4) is 0 Å². The predicted molar refractivity (Wildman–Crippen MR) is 108 cm³/mol. The summed E-state index contributed by atoms with van der Waals surface area (Å²) in [6, 6.07) is 13.9. The Bertz CT molecular complexity index is 885. The molecule has 2 N–H and O–H groups in total. The summed E-state index contributed by atoms with van der Waals surface area (Å²) in [7, 11) is -2.32. The maximum Gasteiger partial charge on any atom is 0.411 e. The summed E-state index contributed by atoms with van der Waals surface area (Å²) in [6.07, 6.45) is 0.746. The molecule has 0 saturated carbocycles. The minimum atomic E-state index is -3.76. The fourth-order valence-electron chi connectivity index (χ4n) is 2.65. The van der Waals surface area contributed by atoms with Crippen LogP contribution < -0.4 is 14.8 Å². The first-order chi connectivity index (χ1) is 13.4. The van der Waals surface area contributed by atoms with Crippen molar-refractivity contribution in [2.75, 3.05) is 19.0 Å². The molecule has 0 saturated heterocycles. The Morgan fingerprint density at radius 3 is 2.50 bits per heavy atom. The molecule has 7 nitrogen and oxygen atoms in total. The van der Waals surface area contributed by atoms with Gasteiger partial charge in [-0.25, -0.2) is 17.9 Å². The Morgan fingerprint density at radius 2 is 1.86 bits per heavy atom. The number of amides is 1. The molecule has 1 amide bonds. The third-order valence-electron chi connectivity index (χ3n) is 4.06. The largest absolute Gasteiger partial charge is 0.495 e. The molecule has 2 aromatic rings. The Hall–Kier alpha value is -2.58. The van der Waals surface area contributed by atoms with Gasteiger partial charge in [0.1, 0.15) is 5.75 Å². The second kappa shape index (κ2) is 10.1. The highest BCUT2D eigenvalue weighted by molar-refractivity contribution is 7.89. The van der Waals surface area contributed by atoms with Crippen molar-refractivity contribution in [3.05, 3.63) is 54.1 Å². The Morgan fingerprint density at radius 1 is 1.14 bits per heavy atom. The van der Waals surface area contributed by atoms with E-state index in [2.05, 4.69) is 10.0 Å². The summed E-state index contributed by atoms with van der Waals surface area (Å²) in [5, 5.41) is 2.50. The van der Waals surface area contributed by atoms with E-state index in [0.717, 1.165) is 12.0 Å². The molecule has 28 heavy (non-hydrogen) atoms. The molecule has 8 heteroatoms. The molecule has 0 aromatic heterocycles. The first kappa shape index (κ1) is 21.7. The molecular weight excluding hydrogens is 380 g/mol. The molecule has 1 atom stereocenters. The molecule has 0 fully saturated rings. The zero-order valence-corrected chi connectivity index (χ0v) is 17.1. The number of carbonyl (C=O) groups is 1. The maximum absolute atomic E-state index is 12.7. The van der Waals surface area contributed by atoms with Gasteiger partial charge in [0.25, 0.3) is 0 Å². The zero-order chi connectivity index (χ0) is 20.6. The molecular formula is C20H26N2O5S. The average molecular weight is 407 g/mol. The van der Waals surface area contributed by atoms with Crippen LogP contribution in [0, 0.1) is 0 Å². The van der Waals surface area contributed by atoms with Gasteiger partial charge in [-0.05, 0) is 50.5 Å². The van der Waals surface area contributed by atoms with Crippen LogP contribution in [0.5, 0.6) is 5.75 Å². The van der Waals surface area contributed by atoms with Gasteiger partial charge < -0.3 is 9.47 Å². The topological polar surface area (TPSA) is 93.7 Å². The summed E-state index contributed by atoms with van der Waals surface area (Å²) in [6.45, 7) is 3.70. The number of rotatable bonds is 9. The predicted octanol–water partition coefficient (Wildman–Crippen LogP) is 3.56. The van der Waals surface area contributed by atoms with E-state index in [4.69, 9.17) is 9.47 Å². The van der Waals surface area contributed by atoms with Gasteiger partial charge in [0.05, 0.1) is 24.3 Å². The van der Waals surface area contributed by atoms with Crippen molar-refractivity contribution >= 4 is 21.8 Å². The number of ether oxygens (including phenoxy) is 2. The molecule has 0 radical (unpaired) electrons. The number of benzene rings is 2. The van der Waals surface area contributed by atoms with Crippen molar-refractivity contribution in [3.63, 3.8) is 0 Å². The van der Waals surface area contributed by atoms with E-state index in [-0.39, 0.29) is 23.2 Å². The van der Waals surface area contributed by atoms with E-state index in [0.29, 0.717) is 12.2 Å². The fourth-order valence-corrected chi connectivity index (χ4v) is 3.95. The van der Waals surface area contributed by atoms with Crippen molar-refractivity contribution in [2.24, 2.45) is 0 Å². The third-order valence-corrected chi connectivity index (χ3v) is 5.65. The third kappa shape index (κ3) is 6.24. The average Bonchev–Trinajstić information content (AvgIpc) is 2.67. The van der Waals surface area contributed by atoms with E-state index >= 15 is 0 Å². The molecule has 0 aliphatic heterocycles. The number of aryl methyl sites for hydroxylation is 1. The zero-order valence-electron chi connectivity index (χ0n) is 16.3. The number of methoxy groups -OCH3 is 1. The Kier molecular flexibility index (Phi) is 7.83. The van der Waals surface area contributed by atoms with E-state index in [9.17, 15) is 13.2 Å². The highest BCUT2D eigenvalue weighted by Gasteiger charge is 2.20. The number of sulfonamides is 1. The molecule has 0 heterocycles. The monoisotopic (exact) mass is 406 g/mol. The van der Waals surface area contributed by atoms with Crippen LogP contribution in [0.25, 0.3) is 0 Å². The summed E-state index contributed by atoms with van der Waals surface area (Å²) in [5.41, 5.74) is 1.37. The van der Waals surface area contributed by atoms with E-state index in [1.807, 2.05) is 37.3 Å². The lowest BCUT2D eigenvalue weighted by Crippen LogP contribution is -2.33. The summed E-state index contributed by atoms with van der Waals surface area (Å²) >= 11 is 0. The molecule has 0 bridgehead atoms. The van der Waals surface area contributed by atoms with Crippen LogP contribution >= 0.6 is 0 Å². The summed E-state index contributed by atoms with van der Waals surface area (Å²) in [5.74, 6) is 0.337. The normalized spacial score (nSPS) is 12.2. The van der Waals surface area contributed by atoms with Crippen molar-refractivity contribution in [3.8, 4) is 5.75 Å². The summed E-state index contributed by atoms with van der Waals surface area (Å²) < 4.78 is 38.1. The number of hydrogen-bond acceptors (Lipinski definition) is 5. The van der Waals surface area contributed by atoms with Gasteiger partial charge in [-0.2, -0.15) is 0 Å². The van der Waals surface area contributed by atoms with E-state index < -0.39 is 16.1 Å². The van der Waals surface area contributed by atoms with Crippen LogP contribution in [0.2, 0.25) is 0 Å². The van der Waals surface area contributed by atoms with Crippen molar-refractivity contribution < 1.29 is 22.7 Å². The standard InChI is InChI=1S/C20H26N2O5S/c1-4-27-20(23)21-18-14-17(12-13-19(18)26-3)28(24,25)22-15(2)10-11-16-8-6-5-7-9-16/h5-9,12-15,22H,4,10-11H2,1-3H3,(H,21,23)/t15-/m0/s1. The van der Waals surface area contributed by atoms with Crippen molar-refractivity contribution in [1.82, 2.24) is 4.72 Å². The van der Waals surface area contributed by atoms with Crippen LogP contribution in [-0.4, -0.2) is 34.3 Å². The van der Waals surface area contributed by atoms with Gasteiger partial charge in [-0.3, -0.25) is 5.32 Å². The fraction of sp³-hybridized carbons (Fsp3) is 0.350. The molecule has 152 valence electrons. The second-order valence-corrected chi connectivity index (χ2v) is 7.97. The molecule has 0 spiro atoms. The van der Waals surface area contributed by atoms with Gasteiger partial charge in [-0.1, -0.05) is 30.3 Å². The van der Waals surface area contributed by atoms with E-state index in [1.165, 1.54) is 25.3 Å². The smallest absolute Gasteiger partial charge is 0.411 e. The first-order valence-electron chi connectivity index (χ1n) is 9.03. The number of nitrogens with one attached hydrogen (secondary N) is 2. The lowest BCUT2D eigenvalue weighted by atomic mass is 10.1. The lowest BCUT2D eigenvalue weighted by molar-refractivity contribution is 0.168. The molecule has 2 rings (SSSR count). The van der Waals surface area contributed by atoms with Crippen LogP contribution in [-0.2, 0) is 21.2 Å². The highest BCUT2D eigenvalue weighted by atomic mass is 32.2. The SMILES string of the molecule is CCOC(=O)Nc1cc(S(=O)(=O)N[C@@H](C)CCc2ccccc2)ccc1OC.